The Hall–Kier alpha value is -0.500. The summed E-state index contributed by atoms with van der Waals surface area (Å²) in [7, 11) is 1.60. The van der Waals surface area contributed by atoms with Crippen molar-refractivity contribution in [3.05, 3.63) is 12.3 Å². The Bertz CT molecular complexity index is 99.4. The highest BCUT2D eigenvalue weighted by Gasteiger charge is 2.07. The molecule has 0 saturated heterocycles. The van der Waals surface area contributed by atoms with Gasteiger partial charge in [0.25, 0.3) is 0 Å². The van der Waals surface area contributed by atoms with Gasteiger partial charge in [-0.25, -0.2) is 0 Å². The van der Waals surface area contributed by atoms with Crippen LogP contribution in [0.3, 0.4) is 0 Å². The quantitative estimate of drug-likeness (QED) is 0.607. The minimum Gasteiger partial charge on any atom is -0.505 e. The molecule has 0 aliphatic heterocycles. The van der Waals surface area contributed by atoms with Crippen LogP contribution in [0.2, 0.25) is 0 Å². The first-order valence-corrected chi connectivity index (χ1v) is 3.59. The lowest BCUT2D eigenvalue weighted by molar-refractivity contribution is 0.132. The molecule has 0 fully saturated rings. The van der Waals surface area contributed by atoms with Crippen LogP contribution in [0.25, 0.3) is 0 Å². The third-order valence-electron chi connectivity index (χ3n) is 1.54. The maximum atomic E-state index is 9.25. The lowest BCUT2D eigenvalue weighted by Crippen LogP contribution is -2.13. The second kappa shape index (κ2) is 5.30. The molecule has 0 bridgehead atoms. The summed E-state index contributed by atoms with van der Waals surface area (Å²) in [6.07, 6.45) is 4.00. The number of ether oxygens (including phenoxy) is 1. The van der Waals surface area contributed by atoms with Gasteiger partial charge < -0.3 is 9.84 Å². The Balaban J connectivity index is 3.60. The normalized spacial score (nSPS) is 17.2. The third-order valence-corrected chi connectivity index (χ3v) is 1.54. The van der Waals surface area contributed by atoms with E-state index in [1.807, 2.05) is 19.9 Å². The molecule has 0 amide bonds. The SMILES string of the molecule is CC[C@H](O)[C@H](C)/C=C\OC. The van der Waals surface area contributed by atoms with Crippen LogP contribution in [0.1, 0.15) is 20.3 Å². The third kappa shape index (κ3) is 3.51. The van der Waals surface area contributed by atoms with Gasteiger partial charge >= 0.3 is 0 Å². The molecule has 60 valence electrons. The molecule has 0 unspecified atom stereocenters. The van der Waals surface area contributed by atoms with Crippen molar-refractivity contribution >= 4 is 0 Å². The van der Waals surface area contributed by atoms with Crippen molar-refractivity contribution in [1.29, 1.82) is 0 Å². The maximum absolute atomic E-state index is 9.25. The van der Waals surface area contributed by atoms with Crippen molar-refractivity contribution < 1.29 is 9.84 Å². The number of aliphatic hydroxyl groups excluding tert-OH is 1. The Morgan fingerprint density at radius 1 is 1.60 bits per heavy atom. The molecule has 0 aliphatic carbocycles. The van der Waals surface area contributed by atoms with Gasteiger partial charge in [0.2, 0.25) is 0 Å². The highest BCUT2D eigenvalue weighted by atomic mass is 16.5. The molecule has 2 nitrogen and oxygen atoms in total. The zero-order valence-electron chi connectivity index (χ0n) is 6.87. The topological polar surface area (TPSA) is 29.5 Å². The van der Waals surface area contributed by atoms with Crippen molar-refractivity contribution in [1.82, 2.24) is 0 Å². The largest absolute Gasteiger partial charge is 0.505 e. The van der Waals surface area contributed by atoms with Gasteiger partial charge in [-0.15, -0.1) is 0 Å². The predicted molar refractivity (Wildman–Crippen MR) is 41.6 cm³/mol. The molecule has 0 rings (SSSR count). The minimum atomic E-state index is -0.244. The molecule has 10 heavy (non-hydrogen) atoms. The lowest BCUT2D eigenvalue weighted by atomic mass is 10.0. The average Bonchev–Trinajstić information content (AvgIpc) is 1.98. The molecule has 0 aliphatic rings. The zero-order chi connectivity index (χ0) is 7.98. The summed E-state index contributed by atoms with van der Waals surface area (Å²) in [5.41, 5.74) is 0. The molecule has 0 saturated carbocycles. The van der Waals surface area contributed by atoms with E-state index < -0.39 is 0 Å². The van der Waals surface area contributed by atoms with Crippen molar-refractivity contribution in [3.8, 4) is 0 Å². The van der Waals surface area contributed by atoms with Crippen LogP contribution in [-0.4, -0.2) is 18.3 Å². The van der Waals surface area contributed by atoms with Gasteiger partial charge in [0.05, 0.1) is 19.5 Å². The summed E-state index contributed by atoms with van der Waals surface area (Å²) < 4.78 is 4.72. The average molecular weight is 144 g/mol. The first-order valence-electron chi connectivity index (χ1n) is 3.59. The fourth-order valence-corrected chi connectivity index (χ4v) is 0.703. The zero-order valence-corrected chi connectivity index (χ0v) is 6.87. The standard InChI is InChI=1S/C8H16O2/c1-4-8(9)7(2)5-6-10-3/h5-9H,4H2,1-3H3/b6-5-/t7-,8+/m1/s1. The summed E-state index contributed by atoms with van der Waals surface area (Å²) in [6, 6.07) is 0. The second-order valence-electron chi connectivity index (χ2n) is 2.40. The van der Waals surface area contributed by atoms with Crippen molar-refractivity contribution in [2.75, 3.05) is 7.11 Å². The Kier molecular flexibility index (Phi) is 5.03. The summed E-state index contributed by atoms with van der Waals surface area (Å²) in [5, 5.41) is 9.25. The fourth-order valence-electron chi connectivity index (χ4n) is 0.703. The highest BCUT2D eigenvalue weighted by molar-refractivity contribution is 4.84. The number of methoxy groups -OCH3 is 1. The summed E-state index contributed by atoms with van der Waals surface area (Å²) >= 11 is 0. The minimum absolute atomic E-state index is 0.185. The van der Waals surface area contributed by atoms with Crippen molar-refractivity contribution in [3.63, 3.8) is 0 Å². The van der Waals surface area contributed by atoms with Crippen LogP contribution in [0.4, 0.5) is 0 Å². The second-order valence-corrected chi connectivity index (χ2v) is 2.40. The molecule has 2 atom stereocenters. The van der Waals surface area contributed by atoms with Gasteiger partial charge in [-0.2, -0.15) is 0 Å². The number of hydrogen-bond donors (Lipinski definition) is 1. The fraction of sp³-hybridized carbons (Fsp3) is 0.750. The van der Waals surface area contributed by atoms with E-state index in [0.29, 0.717) is 0 Å². The lowest BCUT2D eigenvalue weighted by Gasteiger charge is -2.11. The summed E-state index contributed by atoms with van der Waals surface area (Å²) in [6.45, 7) is 3.92. The van der Waals surface area contributed by atoms with Crippen LogP contribution in [-0.2, 0) is 4.74 Å². The van der Waals surface area contributed by atoms with E-state index in [2.05, 4.69) is 0 Å². The molecule has 0 aromatic carbocycles. The monoisotopic (exact) mass is 144 g/mol. The Labute approximate surface area is 62.5 Å². The van der Waals surface area contributed by atoms with Crippen molar-refractivity contribution in [2.24, 2.45) is 5.92 Å². The molecule has 2 heteroatoms. The molecular weight excluding hydrogens is 128 g/mol. The van der Waals surface area contributed by atoms with Gasteiger partial charge in [-0.3, -0.25) is 0 Å². The van der Waals surface area contributed by atoms with Crippen LogP contribution >= 0.6 is 0 Å². The number of aliphatic hydroxyl groups is 1. The van der Waals surface area contributed by atoms with Gasteiger partial charge in [0, 0.05) is 5.92 Å². The molecule has 0 aromatic heterocycles. The molecule has 0 radical (unpaired) electrons. The predicted octanol–water partition coefficient (Wildman–Crippen LogP) is 1.55. The van der Waals surface area contributed by atoms with E-state index in [1.165, 1.54) is 0 Å². The van der Waals surface area contributed by atoms with Gasteiger partial charge in [-0.1, -0.05) is 13.8 Å². The molecule has 1 N–H and O–H groups in total. The van der Waals surface area contributed by atoms with Crippen molar-refractivity contribution in [2.45, 2.75) is 26.4 Å². The number of rotatable bonds is 4. The van der Waals surface area contributed by atoms with E-state index >= 15 is 0 Å². The van der Waals surface area contributed by atoms with E-state index in [4.69, 9.17) is 4.74 Å². The number of hydrogen-bond acceptors (Lipinski definition) is 2. The maximum Gasteiger partial charge on any atom is 0.0788 e. The molecule has 0 aromatic rings. The summed E-state index contributed by atoms with van der Waals surface area (Å²) in [5.74, 6) is 0.185. The molecule has 0 spiro atoms. The Morgan fingerprint density at radius 2 is 2.20 bits per heavy atom. The van der Waals surface area contributed by atoms with Crippen LogP contribution < -0.4 is 0 Å². The van der Waals surface area contributed by atoms with E-state index in [1.54, 1.807) is 13.4 Å². The van der Waals surface area contributed by atoms with Crippen LogP contribution in [0.5, 0.6) is 0 Å². The molecule has 0 heterocycles. The van der Waals surface area contributed by atoms with Gasteiger partial charge in [0.15, 0.2) is 0 Å². The molecular formula is C8H16O2. The first-order chi connectivity index (χ1) is 4.72. The van der Waals surface area contributed by atoms with E-state index in [9.17, 15) is 5.11 Å². The Morgan fingerprint density at radius 3 is 2.60 bits per heavy atom. The first kappa shape index (κ1) is 9.50. The van der Waals surface area contributed by atoms with Crippen LogP contribution in [0.15, 0.2) is 12.3 Å². The smallest absolute Gasteiger partial charge is 0.0788 e. The van der Waals surface area contributed by atoms with Gasteiger partial charge in [-0.05, 0) is 12.5 Å². The van der Waals surface area contributed by atoms with E-state index in [0.717, 1.165) is 6.42 Å². The van der Waals surface area contributed by atoms with E-state index in [-0.39, 0.29) is 12.0 Å². The summed E-state index contributed by atoms with van der Waals surface area (Å²) in [4.78, 5) is 0. The van der Waals surface area contributed by atoms with Gasteiger partial charge in [0.1, 0.15) is 0 Å². The van der Waals surface area contributed by atoms with Crippen LogP contribution in [0, 0.1) is 5.92 Å². The highest BCUT2D eigenvalue weighted by Crippen LogP contribution is 2.07.